The summed E-state index contributed by atoms with van der Waals surface area (Å²) in [6.07, 6.45) is 9.77. The lowest BCUT2D eigenvalue weighted by molar-refractivity contribution is -0.110. The van der Waals surface area contributed by atoms with Crippen molar-refractivity contribution in [3.63, 3.8) is 0 Å². The van der Waals surface area contributed by atoms with E-state index >= 15 is 0 Å². The third kappa shape index (κ3) is 10.0. The summed E-state index contributed by atoms with van der Waals surface area (Å²) in [5, 5.41) is 0. The molecule has 0 fully saturated rings. The van der Waals surface area contributed by atoms with Crippen LogP contribution >= 0.6 is 36.1 Å². The van der Waals surface area contributed by atoms with Crippen LogP contribution in [0.4, 0.5) is 0 Å². The molecule has 0 rings (SSSR count). The van der Waals surface area contributed by atoms with Gasteiger partial charge in [-0.15, -0.1) is 0 Å². The van der Waals surface area contributed by atoms with Crippen LogP contribution in [0.5, 0.6) is 0 Å². The van der Waals surface area contributed by atoms with Crippen LogP contribution in [0.3, 0.4) is 0 Å². The average Bonchev–Trinajstić information content (AvgIpc) is 2.40. The third-order valence-electron chi connectivity index (χ3n) is 3.02. The van der Waals surface area contributed by atoms with E-state index in [-0.39, 0.29) is 5.41 Å². The number of rotatable bonds is 14. The molecule has 0 unspecified atom stereocenters. The minimum Gasteiger partial charge on any atom is -0.316 e. The van der Waals surface area contributed by atoms with E-state index in [1.165, 1.54) is 36.1 Å². The molecule has 7 heteroatoms. The normalized spacial score (nSPS) is 11.7. The second-order valence-corrected chi connectivity index (χ2v) is 5.79. The van der Waals surface area contributed by atoms with Gasteiger partial charge in [0.05, 0.1) is 19.8 Å². The maximum atomic E-state index is 11.0. The highest BCUT2D eigenvalue weighted by Gasteiger charge is 2.29. The van der Waals surface area contributed by atoms with Crippen molar-refractivity contribution in [1.82, 2.24) is 0 Å². The lowest BCUT2D eigenvalue weighted by Gasteiger charge is -2.31. The minimum absolute atomic E-state index is 0.0804. The predicted octanol–water partition coefficient (Wildman–Crippen LogP) is 3.62. The molecule has 0 aliphatic heterocycles. The van der Waals surface area contributed by atoms with E-state index in [0.717, 1.165) is 25.5 Å². The Balaban J connectivity index is 4.42. The van der Waals surface area contributed by atoms with Crippen LogP contribution in [-0.4, -0.2) is 44.9 Å². The van der Waals surface area contributed by atoms with Gasteiger partial charge in [-0.1, -0.05) is 0 Å². The first-order valence-corrected chi connectivity index (χ1v) is 9.60. The van der Waals surface area contributed by atoms with Crippen LogP contribution in [0.2, 0.25) is 0 Å². The SMILES string of the molecule is CSOCCC(CC=O)(CCOSC)CCOSC. The summed E-state index contributed by atoms with van der Waals surface area (Å²) in [6.45, 7) is 1.94. The summed E-state index contributed by atoms with van der Waals surface area (Å²) in [5.41, 5.74) is -0.0804. The van der Waals surface area contributed by atoms with Gasteiger partial charge in [0.25, 0.3) is 0 Å². The molecule has 114 valence electrons. The fraction of sp³-hybridized carbons (Fsp3) is 0.917. The zero-order valence-electron chi connectivity index (χ0n) is 11.9. The van der Waals surface area contributed by atoms with Crippen LogP contribution in [0.25, 0.3) is 0 Å². The molecule has 0 saturated carbocycles. The van der Waals surface area contributed by atoms with Gasteiger partial charge < -0.3 is 17.3 Å². The highest BCUT2D eigenvalue weighted by atomic mass is 32.2. The molecule has 0 aliphatic carbocycles. The molecule has 0 spiro atoms. The van der Waals surface area contributed by atoms with E-state index < -0.39 is 0 Å². The molecule has 0 atom stereocenters. The van der Waals surface area contributed by atoms with E-state index in [4.69, 9.17) is 12.5 Å². The first kappa shape index (κ1) is 19.6. The molecule has 0 aromatic heterocycles. The van der Waals surface area contributed by atoms with Gasteiger partial charge >= 0.3 is 0 Å². The molecule has 0 radical (unpaired) electrons. The van der Waals surface area contributed by atoms with Crippen LogP contribution in [0.1, 0.15) is 25.7 Å². The fourth-order valence-corrected chi connectivity index (χ4v) is 2.63. The van der Waals surface area contributed by atoms with Crippen molar-refractivity contribution in [3.8, 4) is 0 Å². The molecule has 19 heavy (non-hydrogen) atoms. The van der Waals surface area contributed by atoms with Crippen molar-refractivity contribution in [2.24, 2.45) is 5.41 Å². The van der Waals surface area contributed by atoms with Gasteiger partial charge in [0.2, 0.25) is 0 Å². The lowest BCUT2D eigenvalue weighted by atomic mass is 9.76. The van der Waals surface area contributed by atoms with Gasteiger partial charge in [0, 0.05) is 25.2 Å². The number of carbonyl (C=O) groups excluding carboxylic acids is 1. The Hall–Kier alpha value is 0.600. The summed E-state index contributed by atoms with van der Waals surface area (Å²) >= 11 is 4.07. The summed E-state index contributed by atoms with van der Waals surface area (Å²) < 4.78 is 16.1. The second-order valence-electron chi connectivity index (χ2n) is 4.09. The van der Waals surface area contributed by atoms with Gasteiger partial charge in [-0.3, -0.25) is 0 Å². The Labute approximate surface area is 129 Å². The molecule has 0 aliphatic rings. The zero-order valence-corrected chi connectivity index (χ0v) is 14.3. The number of hydrogen-bond donors (Lipinski definition) is 0. The topological polar surface area (TPSA) is 44.8 Å². The number of aldehydes is 1. The van der Waals surface area contributed by atoms with E-state index in [2.05, 4.69) is 0 Å². The summed E-state index contributed by atoms with van der Waals surface area (Å²) in [7, 11) is 0. The monoisotopic (exact) mass is 328 g/mol. The molecule has 4 nitrogen and oxygen atoms in total. The molecule has 0 aromatic carbocycles. The fourth-order valence-electron chi connectivity index (χ4n) is 1.88. The second kappa shape index (κ2) is 13.6. The molecule has 0 amide bonds. The van der Waals surface area contributed by atoms with Gasteiger partial charge in [0.1, 0.15) is 6.29 Å². The Morgan fingerprint density at radius 3 is 1.47 bits per heavy atom. The highest BCUT2D eigenvalue weighted by molar-refractivity contribution is 7.94. The first-order chi connectivity index (χ1) is 9.24. The van der Waals surface area contributed by atoms with E-state index in [1.54, 1.807) is 0 Å². The standard InChI is InChI=1S/C12H24O4S3/c1-17-14-9-5-12(4-8-13,6-10-15-18-2)7-11-16-19-3/h8H,4-7,9-11H2,1-3H3. The third-order valence-corrected chi connectivity index (χ3v) is 4.22. The van der Waals surface area contributed by atoms with Crippen LogP contribution in [-0.2, 0) is 17.3 Å². The molecular weight excluding hydrogens is 304 g/mol. The smallest absolute Gasteiger partial charge is 0.120 e. The van der Waals surface area contributed by atoms with Crippen molar-refractivity contribution < 1.29 is 17.3 Å². The average molecular weight is 329 g/mol. The van der Waals surface area contributed by atoms with Crippen LogP contribution in [0.15, 0.2) is 0 Å². The van der Waals surface area contributed by atoms with Crippen LogP contribution < -0.4 is 0 Å². The molecule has 0 aromatic rings. The summed E-state index contributed by atoms with van der Waals surface area (Å²) in [4.78, 5) is 11.0. The maximum absolute atomic E-state index is 11.0. The first-order valence-electron chi connectivity index (χ1n) is 6.15. The quantitative estimate of drug-likeness (QED) is 0.274. The largest absolute Gasteiger partial charge is 0.316 e. The number of carbonyl (C=O) groups is 1. The van der Waals surface area contributed by atoms with Crippen molar-refractivity contribution in [3.05, 3.63) is 0 Å². The lowest BCUT2D eigenvalue weighted by Crippen LogP contribution is -2.26. The van der Waals surface area contributed by atoms with E-state index in [0.29, 0.717) is 26.2 Å². The Morgan fingerprint density at radius 1 is 0.842 bits per heavy atom. The molecular formula is C12H24O4S3. The van der Waals surface area contributed by atoms with Crippen LogP contribution in [0, 0.1) is 5.41 Å². The zero-order chi connectivity index (χ0) is 14.4. The van der Waals surface area contributed by atoms with Gasteiger partial charge in [-0.25, -0.2) is 0 Å². The molecule has 0 saturated heterocycles. The van der Waals surface area contributed by atoms with E-state index in [1.807, 2.05) is 18.8 Å². The Kier molecular flexibility index (Phi) is 14.0. The molecule has 0 N–H and O–H groups in total. The Morgan fingerprint density at radius 2 is 1.21 bits per heavy atom. The number of hydrogen-bond acceptors (Lipinski definition) is 7. The van der Waals surface area contributed by atoms with Crippen molar-refractivity contribution in [1.29, 1.82) is 0 Å². The van der Waals surface area contributed by atoms with Gasteiger partial charge in [-0.2, -0.15) is 0 Å². The van der Waals surface area contributed by atoms with Crippen molar-refractivity contribution in [2.75, 3.05) is 38.6 Å². The summed E-state index contributed by atoms with van der Waals surface area (Å²) in [5.74, 6) is 0. The van der Waals surface area contributed by atoms with Gasteiger partial charge in [0.15, 0.2) is 0 Å². The summed E-state index contributed by atoms with van der Waals surface area (Å²) in [6, 6.07) is 0. The van der Waals surface area contributed by atoms with E-state index in [9.17, 15) is 4.79 Å². The van der Waals surface area contributed by atoms with Crippen molar-refractivity contribution >= 4 is 42.4 Å². The maximum Gasteiger partial charge on any atom is 0.120 e. The Bertz CT molecular complexity index is 191. The predicted molar refractivity (Wildman–Crippen MR) is 85.4 cm³/mol. The van der Waals surface area contributed by atoms with Crippen molar-refractivity contribution in [2.45, 2.75) is 25.7 Å². The molecule has 0 heterocycles. The minimum atomic E-state index is -0.0804. The van der Waals surface area contributed by atoms with Gasteiger partial charge in [-0.05, 0) is 60.8 Å². The highest BCUT2D eigenvalue weighted by Crippen LogP contribution is 2.35. The molecule has 0 bridgehead atoms.